The molecule has 0 aromatic rings. The van der Waals surface area contributed by atoms with Gasteiger partial charge in [-0.05, 0) is 83.5 Å². The van der Waals surface area contributed by atoms with Crippen molar-refractivity contribution in [2.45, 2.75) is 299 Å². The number of hydrogen-bond donors (Lipinski definition) is 9. The Kier molecular flexibility index (Phi) is 48.3. The molecule has 0 aromatic carbocycles. The van der Waals surface area contributed by atoms with E-state index < -0.39 is 86.8 Å². The molecule has 2 heterocycles. The molecule has 14 heteroatoms. The Hall–Kier alpha value is -3.35. The van der Waals surface area contributed by atoms with Gasteiger partial charge >= 0.3 is 0 Å². The van der Waals surface area contributed by atoms with E-state index in [0.29, 0.717) is 12.8 Å². The molecule has 0 radical (unpaired) electrons. The number of aliphatic hydroxyl groups excluding tert-OH is 8. The third-order valence-corrected chi connectivity index (χ3v) is 15.2. The second-order valence-electron chi connectivity index (χ2n) is 22.5. The quantitative estimate of drug-likeness (QED) is 0.0204. The lowest BCUT2D eigenvalue weighted by Crippen LogP contribution is -2.65. The smallest absolute Gasteiger partial charge is 0.220 e. The van der Waals surface area contributed by atoms with Gasteiger partial charge in [0.2, 0.25) is 5.91 Å². The monoisotopic (exact) mass is 1170 g/mol. The van der Waals surface area contributed by atoms with Crippen LogP contribution in [-0.2, 0) is 23.7 Å². The largest absolute Gasteiger partial charge is 0.394 e. The molecular formula is C69H117NO13. The third-order valence-electron chi connectivity index (χ3n) is 15.2. The number of carbonyl (C=O) groups is 1. The number of nitrogens with one attached hydrogen (secondary N) is 1. The van der Waals surface area contributed by atoms with Crippen molar-refractivity contribution in [3.63, 3.8) is 0 Å². The maximum absolute atomic E-state index is 13.2. The van der Waals surface area contributed by atoms with Gasteiger partial charge in [-0.25, -0.2) is 0 Å². The highest BCUT2D eigenvalue weighted by Gasteiger charge is 2.51. The van der Waals surface area contributed by atoms with E-state index in [1.807, 2.05) is 18.2 Å². The summed E-state index contributed by atoms with van der Waals surface area (Å²) in [7, 11) is 0. The Morgan fingerprint density at radius 1 is 0.446 bits per heavy atom. The fraction of sp³-hybridized carbons (Fsp3) is 0.725. The second kappa shape index (κ2) is 52.9. The number of aliphatic hydroxyl groups is 8. The molecule has 0 bridgehead atoms. The summed E-state index contributed by atoms with van der Waals surface area (Å²) in [6, 6.07) is -0.987. The summed E-state index contributed by atoms with van der Waals surface area (Å²) >= 11 is 0. The summed E-state index contributed by atoms with van der Waals surface area (Å²) in [6.07, 6.45) is 58.8. The van der Waals surface area contributed by atoms with E-state index in [9.17, 15) is 45.6 Å². The lowest BCUT2D eigenvalue weighted by molar-refractivity contribution is -0.359. The van der Waals surface area contributed by atoms with Gasteiger partial charge in [0.25, 0.3) is 0 Å². The van der Waals surface area contributed by atoms with E-state index in [0.717, 1.165) is 64.2 Å². The number of ether oxygens (including phenoxy) is 4. The van der Waals surface area contributed by atoms with Crippen molar-refractivity contribution in [2.75, 3.05) is 19.8 Å². The summed E-state index contributed by atoms with van der Waals surface area (Å²) in [5.74, 6) is -0.338. The standard InChI is InChI=1S/C69H117NO13/c1-3-5-7-9-11-13-15-17-19-21-23-24-25-26-27-28-29-30-31-32-33-35-36-38-40-42-44-46-48-50-52-58(73)57(70-61(74)53-51-49-47-45-43-41-39-37-34-22-20-18-16-14-12-10-8-6-4-2)56-80-68-66(79)64(77)67(60(55-72)82-68)83-69-65(78)63(76)62(75)59(54-71)81-69/h6,8,12,14,18,20,34-37,41-44,47,49-50,52,57-60,62-69,71-73,75-79H,3-5,7,9-11,13,15-17,19,21-33,38-40,45-46,48,51,53-56H2,1-2H3,(H,70,74)/b8-6-,14-12-,20-18-,36-35+,37-34-,43-41-,44-42+,49-47-,52-50+. The van der Waals surface area contributed by atoms with Crippen molar-refractivity contribution in [1.82, 2.24) is 5.32 Å². The molecule has 12 unspecified atom stereocenters. The number of carbonyl (C=O) groups excluding carboxylic acids is 1. The van der Waals surface area contributed by atoms with Crippen LogP contribution in [0, 0.1) is 0 Å². The van der Waals surface area contributed by atoms with Crippen LogP contribution in [0.1, 0.15) is 226 Å². The average Bonchev–Trinajstić information content (AvgIpc) is 3.64. The van der Waals surface area contributed by atoms with Gasteiger partial charge in [0, 0.05) is 6.42 Å². The molecule has 0 spiro atoms. The van der Waals surface area contributed by atoms with Gasteiger partial charge in [-0.15, -0.1) is 0 Å². The summed E-state index contributed by atoms with van der Waals surface area (Å²) < 4.78 is 22.7. The predicted octanol–water partition coefficient (Wildman–Crippen LogP) is 12.4. The van der Waals surface area contributed by atoms with Gasteiger partial charge in [-0.3, -0.25) is 4.79 Å². The first kappa shape index (κ1) is 75.7. The van der Waals surface area contributed by atoms with Crippen molar-refractivity contribution < 1.29 is 64.6 Å². The minimum Gasteiger partial charge on any atom is -0.394 e. The van der Waals surface area contributed by atoms with Crippen LogP contribution in [0.5, 0.6) is 0 Å². The zero-order valence-electron chi connectivity index (χ0n) is 51.4. The number of rotatable bonds is 51. The van der Waals surface area contributed by atoms with Crippen LogP contribution in [0.4, 0.5) is 0 Å². The van der Waals surface area contributed by atoms with E-state index in [2.05, 4.69) is 104 Å². The van der Waals surface area contributed by atoms with E-state index in [1.54, 1.807) is 6.08 Å². The van der Waals surface area contributed by atoms with Crippen LogP contribution >= 0.6 is 0 Å². The molecular weight excluding hydrogens is 1050 g/mol. The summed E-state index contributed by atoms with van der Waals surface area (Å²) in [4.78, 5) is 13.2. The maximum atomic E-state index is 13.2. The molecule has 12 atom stereocenters. The Bertz CT molecular complexity index is 1810. The average molecular weight is 1170 g/mol. The fourth-order valence-corrected chi connectivity index (χ4v) is 9.99. The van der Waals surface area contributed by atoms with Gasteiger partial charge in [0.15, 0.2) is 12.6 Å². The molecule has 0 saturated carbocycles. The second-order valence-corrected chi connectivity index (χ2v) is 22.5. The molecule has 2 saturated heterocycles. The fourth-order valence-electron chi connectivity index (χ4n) is 9.99. The normalized spacial score (nSPS) is 24.6. The van der Waals surface area contributed by atoms with Crippen molar-refractivity contribution >= 4 is 5.91 Å². The van der Waals surface area contributed by atoms with E-state index in [1.165, 1.54) is 128 Å². The Morgan fingerprint density at radius 2 is 0.843 bits per heavy atom. The van der Waals surface area contributed by atoms with Crippen LogP contribution in [0.15, 0.2) is 109 Å². The minimum absolute atomic E-state index is 0.138. The van der Waals surface area contributed by atoms with Gasteiger partial charge < -0.3 is 65.1 Å². The molecule has 2 aliphatic rings. The highest BCUT2D eigenvalue weighted by molar-refractivity contribution is 5.76. The van der Waals surface area contributed by atoms with Gasteiger partial charge in [-0.1, -0.05) is 245 Å². The molecule has 476 valence electrons. The molecule has 0 aromatic heterocycles. The third kappa shape index (κ3) is 37.7. The van der Waals surface area contributed by atoms with Crippen LogP contribution in [0.3, 0.4) is 0 Å². The molecule has 0 aliphatic carbocycles. The summed E-state index contributed by atoms with van der Waals surface area (Å²) in [5.41, 5.74) is 0. The first-order chi connectivity index (χ1) is 40.6. The highest BCUT2D eigenvalue weighted by atomic mass is 16.7. The van der Waals surface area contributed by atoms with E-state index >= 15 is 0 Å². The minimum atomic E-state index is -1.81. The van der Waals surface area contributed by atoms with Crippen LogP contribution in [-0.4, -0.2) is 140 Å². The Morgan fingerprint density at radius 3 is 1.31 bits per heavy atom. The van der Waals surface area contributed by atoms with E-state index in [4.69, 9.17) is 18.9 Å². The molecule has 2 rings (SSSR count). The number of unbranched alkanes of at least 4 members (excludes halogenated alkanes) is 22. The number of amides is 1. The lowest BCUT2D eigenvalue weighted by Gasteiger charge is -2.46. The summed E-state index contributed by atoms with van der Waals surface area (Å²) in [5, 5.41) is 87.1. The van der Waals surface area contributed by atoms with Crippen molar-refractivity contribution in [3.8, 4) is 0 Å². The molecule has 83 heavy (non-hydrogen) atoms. The molecule has 14 nitrogen and oxygen atoms in total. The zero-order chi connectivity index (χ0) is 60.2. The van der Waals surface area contributed by atoms with Gasteiger partial charge in [0.05, 0.1) is 32.0 Å². The summed E-state index contributed by atoms with van der Waals surface area (Å²) in [6.45, 7) is 2.61. The first-order valence-corrected chi connectivity index (χ1v) is 32.6. The predicted molar refractivity (Wildman–Crippen MR) is 336 cm³/mol. The molecule has 9 N–H and O–H groups in total. The zero-order valence-corrected chi connectivity index (χ0v) is 51.4. The van der Waals surface area contributed by atoms with Crippen LogP contribution < -0.4 is 5.32 Å². The first-order valence-electron chi connectivity index (χ1n) is 32.6. The van der Waals surface area contributed by atoms with Crippen molar-refractivity contribution in [2.24, 2.45) is 0 Å². The molecule has 2 fully saturated rings. The van der Waals surface area contributed by atoms with Crippen LogP contribution in [0.2, 0.25) is 0 Å². The lowest BCUT2D eigenvalue weighted by atomic mass is 9.97. The topological polar surface area (TPSA) is 228 Å². The Labute approximate surface area is 502 Å². The SMILES string of the molecule is CC/C=C\C/C=C\C/C=C\C/C=C\C/C=C\C/C=C\CCC(=O)NC(COC1OC(CO)C(OC2OC(CO)C(O)C(O)C2O)C(O)C1O)C(O)/C=C/CC/C=C/CC/C=C/CCCCCCCCCCCCCCCCCCCCCC. The maximum Gasteiger partial charge on any atom is 0.220 e. The van der Waals surface area contributed by atoms with Crippen LogP contribution in [0.25, 0.3) is 0 Å². The number of hydrogen-bond acceptors (Lipinski definition) is 13. The molecule has 1 amide bonds. The van der Waals surface area contributed by atoms with Crippen molar-refractivity contribution in [3.05, 3.63) is 109 Å². The van der Waals surface area contributed by atoms with E-state index in [-0.39, 0.29) is 18.9 Å². The molecule has 2 aliphatic heterocycles. The van der Waals surface area contributed by atoms with Crippen molar-refractivity contribution in [1.29, 1.82) is 0 Å². The van der Waals surface area contributed by atoms with Gasteiger partial charge in [-0.2, -0.15) is 0 Å². The Balaban J connectivity index is 1.76. The van der Waals surface area contributed by atoms with Gasteiger partial charge in [0.1, 0.15) is 48.8 Å². The highest BCUT2D eigenvalue weighted by Crippen LogP contribution is 2.30. The number of allylic oxidation sites excluding steroid dienone is 17.